The first kappa shape index (κ1) is 13.5. The molecule has 1 unspecified atom stereocenters. The lowest BCUT2D eigenvalue weighted by Crippen LogP contribution is -2.38. The van der Waals surface area contributed by atoms with Gasteiger partial charge in [0.25, 0.3) is 0 Å². The molecule has 0 saturated heterocycles. The molecule has 0 aliphatic rings. The predicted octanol–water partition coefficient (Wildman–Crippen LogP) is 2.37. The lowest BCUT2D eigenvalue weighted by atomic mass is 9.98. The Balaban J connectivity index is 2.71. The molecule has 1 rings (SSSR count). The molecule has 1 atom stereocenters. The summed E-state index contributed by atoms with van der Waals surface area (Å²) in [6.07, 6.45) is 0.397. The summed E-state index contributed by atoms with van der Waals surface area (Å²) in [6, 6.07) is 8.64. The highest BCUT2D eigenvalue weighted by atomic mass is 16.5. The number of aliphatic carboxylic acids is 1. The second-order valence-corrected chi connectivity index (χ2v) is 4.57. The third-order valence-electron chi connectivity index (χ3n) is 2.66. The van der Waals surface area contributed by atoms with Crippen molar-refractivity contribution in [2.45, 2.75) is 31.9 Å². The van der Waals surface area contributed by atoms with E-state index in [1.807, 2.05) is 44.2 Å². The number of hydrogen-bond donors (Lipinski definition) is 2. The molecule has 1 aromatic rings. The molecule has 2 N–H and O–H groups in total. The number of anilines is 1. The summed E-state index contributed by atoms with van der Waals surface area (Å²) in [5.41, 5.74) is 0.331. The van der Waals surface area contributed by atoms with Gasteiger partial charge in [0.05, 0.1) is 5.60 Å². The quantitative estimate of drug-likeness (QED) is 0.797. The SMILES string of the molecule is COC(C)(C)CC(Nc1ccccc1)C(=O)O. The standard InChI is InChI=1S/C13H19NO3/c1-13(2,17-3)9-11(12(15)16)14-10-7-5-4-6-8-10/h4-8,11,14H,9H2,1-3H3,(H,15,16). The zero-order chi connectivity index (χ0) is 12.9. The minimum absolute atomic E-state index is 0.397. The van der Waals surface area contributed by atoms with Gasteiger partial charge in [-0.05, 0) is 26.0 Å². The van der Waals surface area contributed by atoms with E-state index in [0.29, 0.717) is 6.42 Å². The van der Waals surface area contributed by atoms with Gasteiger partial charge in [-0.15, -0.1) is 0 Å². The van der Waals surface area contributed by atoms with Gasteiger partial charge in [-0.25, -0.2) is 4.79 Å². The molecule has 17 heavy (non-hydrogen) atoms. The molecule has 4 heteroatoms. The summed E-state index contributed by atoms with van der Waals surface area (Å²) < 4.78 is 5.25. The molecule has 94 valence electrons. The van der Waals surface area contributed by atoms with Crippen LogP contribution in [0, 0.1) is 0 Å². The predicted molar refractivity (Wildman–Crippen MR) is 67.2 cm³/mol. The molecule has 0 aliphatic heterocycles. The van der Waals surface area contributed by atoms with Crippen molar-refractivity contribution in [3.8, 4) is 0 Å². The zero-order valence-electron chi connectivity index (χ0n) is 10.4. The summed E-state index contributed by atoms with van der Waals surface area (Å²) in [5, 5.41) is 12.2. The van der Waals surface area contributed by atoms with Gasteiger partial charge in [0.2, 0.25) is 0 Å². The van der Waals surface area contributed by atoms with Gasteiger partial charge in [-0.1, -0.05) is 18.2 Å². The molecule has 0 amide bonds. The lowest BCUT2D eigenvalue weighted by molar-refractivity contribution is -0.139. The minimum Gasteiger partial charge on any atom is -0.480 e. The zero-order valence-corrected chi connectivity index (χ0v) is 10.4. The van der Waals surface area contributed by atoms with E-state index in [9.17, 15) is 9.90 Å². The van der Waals surface area contributed by atoms with Crippen molar-refractivity contribution >= 4 is 11.7 Å². The van der Waals surface area contributed by atoms with Crippen LogP contribution in [0.2, 0.25) is 0 Å². The number of methoxy groups -OCH3 is 1. The van der Waals surface area contributed by atoms with Gasteiger partial charge >= 0.3 is 5.97 Å². The fraction of sp³-hybridized carbons (Fsp3) is 0.462. The molecule has 0 spiro atoms. The number of ether oxygens (including phenoxy) is 1. The maximum Gasteiger partial charge on any atom is 0.326 e. The number of hydrogen-bond acceptors (Lipinski definition) is 3. The van der Waals surface area contributed by atoms with Crippen LogP contribution in [0.4, 0.5) is 5.69 Å². The van der Waals surface area contributed by atoms with Gasteiger partial charge < -0.3 is 15.2 Å². The van der Waals surface area contributed by atoms with E-state index >= 15 is 0 Å². The van der Waals surface area contributed by atoms with E-state index in [0.717, 1.165) is 5.69 Å². The molecule has 0 heterocycles. The smallest absolute Gasteiger partial charge is 0.326 e. The highest BCUT2D eigenvalue weighted by Crippen LogP contribution is 2.19. The molecular weight excluding hydrogens is 218 g/mol. The van der Waals surface area contributed by atoms with E-state index in [1.165, 1.54) is 0 Å². The fourth-order valence-electron chi connectivity index (χ4n) is 1.51. The van der Waals surface area contributed by atoms with Gasteiger partial charge in [0.15, 0.2) is 0 Å². The van der Waals surface area contributed by atoms with E-state index in [-0.39, 0.29) is 0 Å². The molecule has 0 bridgehead atoms. The van der Waals surface area contributed by atoms with Gasteiger partial charge in [-0.3, -0.25) is 0 Å². The maximum absolute atomic E-state index is 11.2. The van der Waals surface area contributed by atoms with Crippen LogP contribution < -0.4 is 5.32 Å². The number of carboxylic acids is 1. The Morgan fingerprint density at radius 1 is 1.41 bits per heavy atom. The number of carbonyl (C=O) groups is 1. The summed E-state index contributed by atoms with van der Waals surface area (Å²) in [7, 11) is 1.58. The molecule has 1 aromatic carbocycles. The monoisotopic (exact) mass is 237 g/mol. The number of para-hydroxylation sites is 1. The number of nitrogens with one attached hydrogen (secondary N) is 1. The highest BCUT2D eigenvalue weighted by molar-refractivity contribution is 5.77. The van der Waals surface area contributed by atoms with Crippen molar-refractivity contribution in [2.24, 2.45) is 0 Å². The Bertz CT molecular complexity index is 362. The molecule has 0 aromatic heterocycles. The number of rotatable bonds is 6. The van der Waals surface area contributed by atoms with Crippen molar-refractivity contribution in [3.05, 3.63) is 30.3 Å². The normalized spacial score (nSPS) is 13.1. The Morgan fingerprint density at radius 3 is 2.47 bits per heavy atom. The van der Waals surface area contributed by atoms with E-state index < -0.39 is 17.6 Å². The van der Waals surface area contributed by atoms with Crippen LogP contribution >= 0.6 is 0 Å². The topological polar surface area (TPSA) is 58.6 Å². The van der Waals surface area contributed by atoms with Gasteiger partial charge in [0.1, 0.15) is 6.04 Å². The van der Waals surface area contributed by atoms with Crippen molar-refractivity contribution in [3.63, 3.8) is 0 Å². The first-order chi connectivity index (χ1) is 7.94. The van der Waals surface area contributed by atoms with Crippen molar-refractivity contribution in [1.29, 1.82) is 0 Å². The summed E-state index contributed by atoms with van der Waals surface area (Å²) >= 11 is 0. The van der Waals surface area contributed by atoms with E-state index in [2.05, 4.69) is 5.32 Å². The average molecular weight is 237 g/mol. The molecule has 0 radical (unpaired) electrons. The van der Waals surface area contributed by atoms with Crippen LogP contribution in [-0.2, 0) is 9.53 Å². The second kappa shape index (κ2) is 5.68. The molecular formula is C13H19NO3. The lowest BCUT2D eigenvalue weighted by Gasteiger charge is -2.27. The maximum atomic E-state index is 11.2. The first-order valence-corrected chi connectivity index (χ1v) is 5.54. The second-order valence-electron chi connectivity index (χ2n) is 4.57. The van der Waals surface area contributed by atoms with Crippen molar-refractivity contribution < 1.29 is 14.6 Å². The summed E-state index contributed by atoms with van der Waals surface area (Å²) in [5.74, 6) is -0.876. The summed E-state index contributed by atoms with van der Waals surface area (Å²) in [6.45, 7) is 3.74. The van der Waals surface area contributed by atoms with E-state index in [1.54, 1.807) is 7.11 Å². The van der Waals surface area contributed by atoms with E-state index in [4.69, 9.17) is 4.74 Å². The van der Waals surface area contributed by atoms with Gasteiger partial charge in [-0.2, -0.15) is 0 Å². The van der Waals surface area contributed by atoms with Crippen LogP contribution in [0.5, 0.6) is 0 Å². The van der Waals surface area contributed by atoms with Crippen LogP contribution in [0.3, 0.4) is 0 Å². The molecule has 0 fully saturated rings. The third-order valence-corrected chi connectivity index (χ3v) is 2.66. The van der Waals surface area contributed by atoms with Crippen LogP contribution in [0.25, 0.3) is 0 Å². The van der Waals surface area contributed by atoms with Crippen LogP contribution in [0.1, 0.15) is 20.3 Å². The Kier molecular flexibility index (Phi) is 4.52. The largest absolute Gasteiger partial charge is 0.480 e. The molecule has 0 aliphatic carbocycles. The van der Waals surface area contributed by atoms with Crippen molar-refractivity contribution in [1.82, 2.24) is 0 Å². The third kappa shape index (κ3) is 4.44. The molecule has 0 saturated carbocycles. The number of carboxylic acid groups (broad SMARTS) is 1. The van der Waals surface area contributed by atoms with Gasteiger partial charge in [0, 0.05) is 19.2 Å². The fourth-order valence-corrected chi connectivity index (χ4v) is 1.51. The van der Waals surface area contributed by atoms with Crippen LogP contribution in [0.15, 0.2) is 30.3 Å². The Morgan fingerprint density at radius 2 is 2.00 bits per heavy atom. The van der Waals surface area contributed by atoms with Crippen LogP contribution in [-0.4, -0.2) is 29.8 Å². The molecule has 4 nitrogen and oxygen atoms in total. The Hall–Kier alpha value is -1.55. The minimum atomic E-state index is -0.876. The highest BCUT2D eigenvalue weighted by Gasteiger charge is 2.27. The van der Waals surface area contributed by atoms with Crippen molar-refractivity contribution in [2.75, 3.05) is 12.4 Å². The average Bonchev–Trinajstić information content (AvgIpc) is 2.29. The first-order valence-electron chi connectivity index (χ1n) is 5.54. The number of benzene rings is 1. The Labute approximate surface area is 102 Å². The summed E-state index contributed by atoms with van der Waals surface area (Å²) in [4.78, 5) is 11.2.